The number of aliphatic hydroxyl groups is 1. The van der Waals surface area contributed by atoms with Gasteiger partial charge in [0.2, 0.25) is 5.91 Å². The third kappa shape index (κ3) is 1.04. The van der Waals surface area contributed by atoms with Crippen LogP contribution in [0.2, 0.25) is 0 Å². The standard InChI is InChI=1S/C7H11NO2/c1-4-6(5(2)9)3-8-7(4)10/h5,9H,3H2,1-2H3,(H,8,10). The minimum absolute atomic E-state index is 0.0594. The van der Waals surface area contributed by atoms with Gasteiger partial charge in [-0.1, -0.05) is 0 Å². The predicted octanol–water partition coefficient (Wildman–Crippen LogP) is -0.187. The zero-order chi connectivity index (χ0) is 7.72. The monoisotopic (exact) mass is 141 g/mol. The Morgan fingerprint density at radius 1 is 1.70 bits per heavy atom. The van der Waals surface area contributed by atoms with Crippen LogP contribution in [0, 0.1) is 0 Å². The SMILES string of the molecule is CC1=C(C(C)O)CNC1=O. The molecule has 0 aromatic heterocycles. The molecule has 0 saturated carbocycles. The summed E-state index contributed by atoms with van der Waals surface area (Å²) in [6.45, 7) is 3.89. The number of carbonyl (C=O) groups is 1. The van der Waals surface area contributed by atoms with E-state index in [2.05, 4.69) is 5.32 Å². The lowest BCUT2D eigenvalue weighted by Crippen LogP contribution is -2.17. The Balaban J connectivity index is 2.85. The van der Waals surface area contributed by atoms with Crippen molar-refractivity contribution in [2.45, 2.75) is 20.0 Å². The first-order valence-electron chi connectivity index (χ1n) is 3.29. The van der Waals surface area contributed by atoms with E-state index in [-0.39, 0.29) is 5.91 Å². The lowest BCUT2D eigenvalue weighted by Gasteiger charge is -2.03. The topological polar surface area (TPSA) is 49.3 Å². The number of carbonyl (C=O) groups excluding carboxylic acids is 1. The third-order valence-electron chi connectivity index (χ3n) is 1.77. The van der Waals surface area contributed by atoms with Gasteiger partial charge in [-0.2, -0.15) is 0 Å². The van der Waals surface area contributed by atoms with Crippen LogP contribution in [0.1, 0.15) is 13.8 Å². The van der Waals surface area contributed by atoms with Crippen LogP contribution in [0.3, 0.4) is 0 Å². The van der Waals surface area contributed by atoms with Gasteiger partial charge in [0.1, 0.15) is 0 Å². The summed E-state index contributed by atoms with van der Waals surface area (Å²) in [7, 11) is 0. The Bertz CT molecular complexity index is 194. The highest BCUT2D eigenvalue weighted by molar-refractivity contribution is 5.96. The van der Waals surface area contributed by atoms with E-state index in [1.165, 1.54) is 0 Å². The van der Waals surface area contributed by atoms with Crippen LogP contribution >= 0.6 is 0 Å². The van der Waals surface area contributed by atoms with Gasteiger partial charge in [0.25, 0.3) is 0 Å². The average molecular weight is 141 g/mol. The number of hydrogen-bond donors (Lipinski definition) is 2. The van der Waals surface area contributed by atoms with Crippen molar-refractivity contribution in [3.63, 3.8) is 0 Å². The molecule has 0 radical (unpaired) electrons. The van der Waals surface area contributed by atoms with Gasteiger partial charge >= 0.3 is 0 Å². The molecule has 0 aliphatic carbocycles. The van der Waals surface area contributed by atoms with E-state index >= 15 is 0 Å². The fourth-order valence-corrected chi connectivity index (χ4v) is 1.05. The lowest BCUT2D eigenvalue weighted by atomic mass is 10.1. The molecular weight excluding hydrogens is 130 g/mol. The average Bonchev–Trinajstić information content (AvgIpc) is 2.14. The summed E-state index contributed by atoms with van der Waals surface area (Å²) in [5.41, 5.74) is 1.47. The highest BCUT2D eigenvalue weighted by Gasteiger charge is 2.20. The summed E-state index contributed by atoms with van der Waals surface area (Å²) in [5, 5.41) is 11.7. The Morgan fingerprint density at radius 3 is 2.50 bits per heavy atom. The van der Waals surface area contributed by atoms with Crippen LogP contribution in [0.5, 0.6) is 0 Å². The van der Waals surface area contributed by atoms with Gasteiger partial charge in [-0.25, -0.2) is 0 Å². The van der Waals surface area contributed by atoms with Crippen LogP contribution in [0.25, 0.3) is 0 Å². The molecule has 10 heavy (non-hydrogen) atoms. The van der Waals surface area contributed by atoms with E-state index in [1.807, 2.05) is 0 Å². The van der Waals surface area contributed by atoms with Crippen molar-refractivity contribution < 1.29 is 9.90 Å². The van der Waals surface area contributed by atoms with Crippen molar-refractivity contribution in [1.29, 1.82) is 0 Å². The van der Waals surface area contributed by atoms with Crippen molar-refractivity contribution in [3.05, 3.63) is 11.1 Å². The summed E-state index contributed by atoms with van der Waals surface area (Å²) in [4.78, 5) is 10.8. The second-order valence-electron chi connectivity index (χ2n) is 2.51. The van der Waals surface area contributed by atoms with Crippen LogP contribution in [0.15, 0.2) is 11.1 Å². The quantitative estimate of drug-likeness (QED) is 0.532. The third-order valence-corrected chi connectivity index (χ3v) is 1.77. The Labute approximate surface area is 59.7 Å². The first-order chi connectivity index (χ1) is 4.63. The van der Waals surface area contributed by atoms with Gasteiger partial charge in [0.05, 0.1) is 6.10 Å². The minimum atomic E-state index is -0.501. The van der Waals surface area contributed by atoms with Crippen LogP contribution in [-0.4, -0.2) is 23.7 Å². The van der Waals surface area contributed by atoms with Crippen molar-refractivity contribution >= 4 is 5.91 Å². The number of aliphatic hydroxyl groups excluding tert-OH is 1. The molecule has 1 aliphatic heterocycles. The van der Waals surface area contributed by atoms with Gasteiger partial charge in [0.15, 0.2) is 0 Å². The first-order valence-corrected chi connectivity index (χ1v) is 3.29. The maximum atomic E-state index is 10.8. The van der Waals surface area contributed by atoms with E-state index < -0.39 is 6.10 Å². The van der Waals surface area contributed by atoms with Crippen molar-refractivity contribution in [3.8, 4) is 0 Å². The number of hydrogen-bond acceptors (Lipinski definition) is 2. The summed E-state index contributed by atoms with van der Waals surface area (Å²) in [5.74, 6) is -0.0594. The molecule has 1 unspecified atom stereocenters. The van der Waals surface area contributed by atoms with Crippen molar-refractivity contribution in [2.75, 3.05) is 6.54 Å². The molecule has 0 spiro atoms. The highest BCUT2D eigenvalue weighted by Crippen LogP contribution is 2.13. The van der Waals surface area contributed by atoms with Crippen molar-refractivity contribution in [1.82, 2.24) is 5.32 Å². The first kappa shape index (κ1) is 7.28. The zero-order valence-corrected chi connectivity index (χ0v) is 6.14. The lowest BCUT2D eigenvalue weighted by molar-refractivity contribution is -0.116. The van der Waals surface area contributed by atoms with E-state index in [4.69, 9.17) is 5.11 Å². The zero-order valence-electron chi connectivity index (χ0n) is 6.14. The molecule has 1 heterocycles. The molecule has 3 heteroatoms. The molecule has 3 nitrogen and oxygen atoms in total. The molecule has 2 N–H and O–H groups in total. The summed E-state index contributed by atoms with van der Waals surface area (Å²) >= 11 is 0. The minimum Gasteiger partial charge on any atom is -0.389 e. The van der Waals surface area contributed by atoms with Gasteiger partial charge in [-0.05, 0) is 19.4 Å². The Hall–Kier alpha value is -0.830. The number of amides is 1. The summed E-state index contributed by atoms with van der Waals surface area (Å²) < 4.78 is 0. The van der Waals surface area contributed by atoms with Gasteiger partial charge in [0, 0.05) is 12.1 Å². The Kier molecular flexibility index (Phi) is 1.76. The van der Waals surface area contributed by atoms with Crippen LogP contribution < -0.4 is 5.32 Å². The van der Waals surface area contributed by atoms with E-state index in [9.17, 15) is 4.79 Å². The van der Waals surface area contributed by atoms with Gasteiger partial charge in [-0.15, -0.1) is 0 Å². The molecule has 1 amide bonds. The smallest absolute Gasteiger partial charge is 0.247 e. The molecule has 1 atom stereocenters. The molecule has 0 aromatic rings. The molecule has 1 rings (SSSR count). The number of rotatable bonds is 1. The fourth-order valence-electron chi connectivity index (χ4n) is 1.05. The Morgan fingerprint density at radius 2 is 2.30 bits per heavy atom. The highest BCUT2D eigenvalue weighted by atomic mass is 16.3. The predicted molar refractivity (Wildman–Crippen MR) is 37.4 cm³/mol. The molecule has 0 fully saturated rings. The van der Waals surface area contributed by atoms with Gasteiger partial charge < -0.3 is 10.4 Å². The fraction of sp³-hybridized carbons (Fsp3) is 0.571. The summed E-state index contributed by atoms with van der Waals surface area (Å²) in [6.07, 6.45) is -0.501. The maximum Gasteiger partial charge on any atom is 0.247 e. The molecule has 56 valence electrons. The molecule has 1 aliphatic rings. The second kappa shape index (κ2) is 2.42. The summed E-state index contributed by atoms with van der Waals surface area (Å²) in [6, 6.07) is 0. The molecule has 0 bridgehead atoms. The van der Waals surface area contributed by atoms with E-state index in [0.29, 0.717) is 12.1 Å². The van der Waals surface area contributed by atoms with E-state index in [0.717, 1.165) is 5.57 Å². The van der Waals surface area contributed by atoms with E-state index in [1.54, 1.807) is 13.8 Å². The molecule has 0 aromatic carbocycles. The van der Waals surface area contributed by atoms with Gasteiger partial charge in [-0.3, -0.25) is 4.79 Å². The second-order valence-corrected chi connectivity index (χ2v) is 2.51. The number of nitrogens with one attached hydrogen (secondary N) is 1. The van der Waals surface area contributed by atoms with Crippen molar-refractivity contribution in [2.24, 2.45) is 0 Å². The maximum absolute atomic E-state index is 10.8. The largest absolute Gasteiger partial charge is 0.389 e. The molecular formula is C7H11NO2. The van der Waals surface area contributed by atoms with Crippen LogP contribution in [-0.2, 0) is 4.79 Å². The normalized spacial score (nSPS) is 21.3. The molecule has 0 saturated heterocycles. The van der Waals surface area contributed by atoms with Crippen LogP contribution in [0.4, 0.5) is 0 Å².